The van der Waals surface area contributed by atoms with Crippen LogP contribution >= 0.6 is 11.6 Å². The Hall–Kier alpha value is -1.26. The van der Waals surface area contributed by atoms with Gasteiger partial charge in [-0.25, -0.2) is 4.74 Å². The lowest BCUT2D eigenvalue weighted by atomic mass is 10.1. The summed E-state index contributed by atoms with van der Waals surface area (Å²) in [6.45, 7) is 6.99. The molecule has 0 atom stereocenters. The Kier molecular flexibility index (Phi) is 6.82. The van der Waals surface area contributed by atoms with Gasteiger partial charge >= 0.3 is 0 Å². The minimum absolute atomic E-state index is 0.427. The van der Waals surface area contributed by atoms with Crippen molar-refractivity contribution in [3.63, 3.8) is 0 Å². The van der Waals surface area contributed by atoms with E-state index >= 15 is 0 Å². The van der Waals surface area contributed by atoms with Gasteiger partial charge in [0.15, 0.2) is 11.8 Å². The van der Waals surface area contributed by atoms with E-state index in [1.165, 1.54) is 0 Å². The molecule has 1 aromatic carbocycles. The summed E-state index contributed by atoms with van der Waals surface area (Å²) in [5.74, 6) is 1.15. The third-order valence-electron chi connectivity index (χ3n) is 2.54. The van der Waals surface area contributed by atoms with Crippen LogP contribution < -0.4 is 4.74 Å². The van der Waals surface area contributed by atoms with Gasteiger partial charge in [-0.1, -0.05) is 12.1 Å². The summed E-state index contributed by atoms with van der Waals surface area (Å²) in [4.78, 5) is 0. The quantitative estimate of drug-likeness (QED) is 0.194. The van der Waals surface area contributed by atoms with Crippen molar-refractivity contribution in [2.75, 3.05) is 25.7 Å². The minimum atomic E-state index is -0.476. The first kappa shape index (κ1) is 16.8. The Balaban J connectivity index is 2.69. The van der Waals surface area contributed by atoms with Crippen molar-refractivity contribution >= 4 is 17.8 Å². The summed E-state index contributed by atoms with van der Waals surface area (Å²) < 4.78 is 11.8. The summed E-state index contributed by atoms with van der Waals surface area (Å²) in [5.41, 5.74) is 0.283. The standard InChI is InChI=1S/C15H22ClNO3/c1-15(2,3)17(18)12-13-6-4-5-7-14(13)20-11-10-19-9-8-16/h4-7,12H,8-11H2,1-3H3/b17-12-. The monoisotopic (exact) mass is 299 g/mol. The van der Waals surface area contributed by atoms with Gasteiger partial charge in [0.1, 0.15) is 12.4 Å². The maximum atomic E-state index is 12.0. The van der Waals surface area contributed by atoms with Crippen molar-refractivity contribution in [3.8, 4) is 5.75 Å². The Morgan fingerprint density at radius 2 is 1.90 bits per heavy atom. The summed E-state index contributed by atoms with van der Waals surface area (Å²) >= 11 is 5.51. The maximum Gasteiger partial charge on any atom is 0.186 e. The normalized spacial score (nSPS) is 12.5. The Morgan fingerprint density at radius 3 is 2.55 bits per heavy atom. The first-order chi connectivity index (χ1) is 9.45. The van der Waals surface area contributed by atoms with Crippen molar-refractivity contribution in [1.82, 2.24) is 0 Å². The van der Waals surface area contributed by atoms with E-state index in [9.17, 15) is 5.21 Å². The zero-order chi connectivity index (χ0) is 15.0. The SMILES string of the molecule is CC(C)(C)/[N+]([O-])=C/c1ccccc1OCCOCCCl. The van der Waals surface area contributed by atoms with E-state index in [2.05, 4.69) is 0 Å². The topological polar surface area (TPSA) is 44.5 Å². The van der Waals surface area contributed by atoms with E-state index < -0.39 is 5.54 Å². The fourth-order valence-corrected chi connectivity index (χ4v) is 1.51. The second-order valence-corrected chi connectivity index (χ2v) is 5.69. The molecule has 0 radical (unpaired) electrons. The van der Waals surface area contributed by atoms with Crippen LogP contribution in [0.1, 0.15) is 26.3 Å². The summed E-state index contributed by atoms with van der Waals surface area (Å²) in [7, 11) is 0. The number of hydroxylamine groups is 1. The van der Waals surface area contributed by atoms with Crippen LogP contribution in [0.3, 0.4) is 0 Å². The molecule has 0 saturated carbocycles. The van der Waals surface area contributed by atoms with Crippen molar-refractivity contribution < 1.29 is 14.2 Å². The number of ether oxygens (including phenoxy) is 2. The maximum absolute atomic E-state index is 12.0. The number of halogens is 1. The third kappa shape index (κ3) is 5.80. The number of hydrogen-bond donors (Lipinski definition) is 0. The number of alkyl halides is 1. The number of para-hydroxylation sites is 1. The van der Waals surface area contributed by atoms with Gasteiger partial charge in [0.2, 0.25) is 0 Å². The molecular weight excluding hydrogens is 278 g/mol. The molecule has 0 aliphatic carbocycles. The van der Waals surface area contributed by atoms with Gasteiger partial charge in [0.05, 0.1) is 18.8 Å². The average Bonchev–Trinajstić information content (AvgIpc) is 2.39. The molecule has 112 valence electrons. The van der Waals surface area contributed by atoms with E-state index in [-0.39, 0.29) is 0 Å². The third-order valence-corrected chi connectivity index (χ3v) is 2.70. The van der Waals surface area contributed by atoms with E-state index in [4.69, 9.17) is 21.1 Å². The van der Waals surface area contributed by atoms with Gasteiger partial charge in [-0.3, -0.25) is 0 Å². The van der Waals surface area contributed by atoms with Crippen LogP contribution in [-0.2, 0) is 4.74 Å². The zero-order valence-corrected chi connectivity index (χ0v) is 13.0. The molecule has 20 heavy (non-hydrogen) atoms. The van der Waals surface area contributed by atoms with Crippen molar-refractivity contribution in [1.29, 1.82) is 0 Å². The Labute approximate surface area is 125 Å². The lowest BCUT2D eigenvalue weighted by molar-refractivity contribution is -0.530. The van der Waals surface area contributed by atoms with Gasteiger partial charge in [-0.05, 0) is 12.1 Å². The molecule has 0 unspecified atom stereocenters. The van der Waals surface area contributed by atoms with Crippen LogP contribution in [0.5, 0.6) is 5.75 Å². The van der Waals surface area contributed by atoms with Gasteiger partial charge < -0.3 is 14.7 Å². The van der Waals surface area contributed by atoms with Crippen LogP contribution in [0.4, 0.5) is 0 Å². The van der Waals surface area contributed by atoms with E-state index in [1.807, 2.05) is 45.0 Å². The molecular formula is C15H22ClNO3. The molecule has 0 aromatic heterocycles. The molecule has 0 aliphatic rings. The molecule has 0 heterocycles. The molecule has 0 aliphatic heterocycles. The summed E-state index contributed by atoms with van der Waals surface area (Å²) in [6.07, 6.45) is 1.55. The summed E-state index contributed by atoms with van der Waals surface area (Å²) in [6, 6.07) is 7.44. The van der Waals surface area contributed by atoms with Gasteiger partial charge in [0.25, 0.3) is 0 Å². The molecule has 0 saturated heterocycles. The largest absolute Gasteiger partial charge is 0.623 e. The lowest BCUT2D eigenvalue weighted by Gasteiger charge is -2.19. The molecule has 0 N–H and O–H groups in total. The van der Waals surface area contributed by atoms with Gasteiger partial charge in [-0.15, -0.1) is 11.6 Å². The van der Waals surface area contributed by atoms with Crippen molar-refractivity contribution in [3.05, 3.63) is 35.0 Å². The lowest BCUT2D eigenvalue weighted by Crippen LogP contribution is -2.29. The highest BCUT2D eigenvalue weighted by Gasteiger charge is 2.18. The second kappa shape index (κ2) is 8.12. The first-order valence-corrected chi connectivity index (χ1v) is 7.15. The highest BCUT2D eigenvalue weighted by Crippen LogP contribution is 2.17. The number of rotatable bonds is 7. The summed E-state index contributed by atoms with van der Waals surface area (Å²) in [5, 5.41) is 12.0. The molecule has 1 aromatic rings. The predicted molar refractivity (Wildman–Crippen MR) is 82.0 cm³/mol. The van der Waals surface area contributed by atoms with Crippen molar-refractivity contribution in [2.24, 2.45) is 0 Å². The van der Waals surface area contributed by atoms with Crippen LogP contribution in [0, 0.1) is 5.21 Å². The molecule has 0 bridgehead atoms. The van der Waals surface area contributed by atoms with Crippen LogP contribution in [0.15, 0.2) is 24.3 Å². The van der Waals surface area contributed by atoms with Gasteiger partial charge in [0, 0.05) is 26.7 Å². The fraction of sp³-hybridized carbons (Fsp3) is 0.533. The van der Waals surface area contributed by atoms with E-state index in [0.29, 0.717) is 31.5 Å². The molecule has 0 amide bonds. The van der Waals surface area contributed by atoms with Crippen LogP contribution in [-0.4, -0.2) is 42.2 Å². The Bertz CT molecular complexity index is 441. The Morgan fingerprint density at radius 1 is 1.20 bits per heavy atom. The van der Waals surface area contributed by atoms with Crippen molar-refractivity contribution in [2.45, 2.75) is 26.3 Å². The van der Waals surface area contributed by atoms with E-state index in [0.717, 1.165) is 10.3 Å². The van der Waals surface area contributed by atoms with Crippen LogP contribution in [0.2, 0.25) is 0 Å². The van der Waals surface area contributed by atoms with Gasteiger partial charge in [-0.2, -0.15) is 0 Å². The minimum Gasteiger partial charge on any atom is -0.623 e. The highest BCUT2D eigenvalue weighted by atomic mass is 35.5. The number of hydrogen-bond acceptors (Lipinski definition) is 3. The fourth-order valence-electron chi connectivity index (χ4n) is 1.41. The number of benzene rings is 1. The average molecular weight is 300 g/mol. The first-order valence-electron chi connectivity index (χ1n) is 6.62. The number of nitrogens with zero attached hydrogens (tertiary/aromatic N) is 1. The zero-order valence-electron chi connectivity index (χ0n) is 12.3. The molecule has 0 spiro atoms. The second-order valence-electron chi connectivity index (χ2n) is 5.31. The smallest absolute Gasteiger partial charge is 0.186 e. The molecule has 1 rings (SSSR count). The van der Waals surface area contributed by atoms with Crippen LogP contribution in [0.25, 0.3) is 0 Å². The van der Waals surface area contributed by atoms with E-state index in [1.54, 1.807) is 6.21 Å². The predicted octanol–water partition coefficient (Wildman–Crippen LogP) is 3.05. The highest BCUT2D eigenvalue weighted by molar-refractivity contribution is 6.17. The molecule has 4 nitrogen and oxygen atoms in total. The molecule has 5 heteroatoms. The molecule has 0 fully saturated rings.